The standard InChI is InChI=1S/C27H29NO4/c1-6-11-28-23(19-8-7-9-20(15-19)31-12-10-16(2)3)22-24(29)21-14-17(4)13-18(5)25(21)32-26(22)27(28)30/h6-9,13-16,23H,1,10-12H2,2-5H3. The van der Waals surface area contributed by atoms with Crippen molar-refractivity contribution in [1.82, 2.24) is 4.90 Å². The van der Waals surface area contributed by atoms with Crippen molar-refractivity contribution >= 4 is 16.9 Å². The van der Waals surface area contributed by atoms with Crippen molar-refractivity contribution < 1.29 is 13.9 Å². The van der Waals surface area contributed by atoms with E-state index in [1.54, 1.807) is 11.0 Å². The first-order chi connectivity index (χ1) is 15.3. The number of hydrogen-bond acceptors (Lipinski definition) is 4. The second kappa shape index (κ2) is 8.65. The van der Waals surface area contributed by atoms with E-state index in [-0.39, 0.29) is 17.1 Å². The molecule has 4 rings (SSSR count). The minimum atomic E-state index is -0.550. The quantitative estimate of drug-likeness (QED) is 0.459. The van der Waals surface area contributed by atoms with E-state index in [2.05, 4.69) is 20.4 Å². The van der Waals surface area contributed by atoms with Crippen molar-refractivity contribution in [3.63, 3.8) is 0 Å². The van der Waals surface area contributed by atoms with Crippen LogP contribution in [0.2, 0.25) is 0 Å². The molecule has 0 N–H and O–H groups in total. The summed E-state index contributed by atoms with van der Waals surface area (Å²) in [6.07, 6.45) is 2.62. The molecular formula is C27H29NO4. The summed E-state index contributed by atoms with van der Waals surface area (Å²) in [5.41, 5.74) is 3.33. The number of ether oxygens (including phenoxy) is 1. The maximum Gasteiger partial charge on any atom is 0.291 e. The van der Waals surface area contributed by atoms with Crippen LogP contribution < -0.4 is 10.2 Å². The van der Waals surface area contributed by atoms with Crippen LogP contribution in [0.25, 0.3) is 11.0 Å². The lowest BCUT2D eigenvalue weighted by atomic mass is 9.97. The number of nitrogens with zero attached hydrogens (tertiary/aromatic N) is 1. The number of fused-ring (bicyclic) bond motifs is 2. The Bertz CT molecular complexity index is 1250. The van der Waals surface area contributed by atoms with Crippen LogP contribution in [0, 0.1) is 19.8 Å². The monoisotopic (exact) mass is 431 g/mol. The van der Waals surface area contributed by atoms with E-state index in [0.717, 1.165) is 28.9 Å². The van der Waals surface area contributed by atoms with Gasteiger partial charge in [-0.15, -0.1) is 6.58 Å². The highest BCUT2D eigenvalue weighted by molar-refractivity contribution is 5.99. The van der Waals surface area contributed by atoms with Gasteiger partial charge >= 0.3 is 0 Å². The number of hydrogen-bond donors (Lipinski definition) is 0. The molecule has 0 aliphatic carbocycles. The molecule has 32 heavy (non-hydrogen) atoms. The van der Waals surface area contributed by atoms with Crippen LogP contribution >= 0.6 is 0 Å². The molecule has 166 valence electrons. The highest BCUT2D eigenvalue weighted by Gasteiger charge is 2.42. The predicted octanol–water partition coefficient (Wildman–Crippen LogP) is 5.57. The average Bonchev–Trinajstić information content (AvgIpc) is 3.02. The fourth-order valence-corrected chi connectivity index (χ4v) is 4.34. The molecule has 0 radical (unpaired) electrons. The molecule has 5 nitrogen and oxygen atoms in total. The van der Waals surface area contributed by atoms with Gasteiger partial charge in [0.05, 0.1) is 23.6 Å². The van der Waals surface area contributed by atoms with Gasteiger partial charge in [0.15, 0.2) is 5.43 Å². The zero-order valence-corrected chi connectivity index (χ0v) is 19.1. The smallest absolute Gasteiger partial charge is 0.291 e. The van der Waals surface area contributed by atoms with Gasteiger partial charge in [-0.05, 0) is 61.1 Å². The van der Waals surface area contributed by atoms with Crippen LogP contribution in [0.1, 0.15) is 59.1 Å². The zero-order valence-electron chi connectivity index (χ0n) is 19.1. The number of rotatable bonds is 7. The van der Waals surface area contributed by atoms with Gasteiger partial charge in [0.25, 0.3) is 5.91 Å². The third kappa shape index (κ3) is 3.83. The molecule has 1 aromatic heterocycles. The first kappa shape index (κ1) is 21.9. The predicted molar refractivity (Wildman–Crippen MR) is 126 cm³/mol. The van der Waals surface area contributed by atoms with E-state index in [9.17, 15) is 9.59 Å². The van der Waals surface area contributed by atoms with Crippen LogP contribution in [0.4, 0.5) is 0 Å². The van der Waals surface area contributed by atoms with E-state index in [4.69, 9.17) is 9.15 Å². The van der Waals surface area contributed by atoms with E-state index in [1.807, 2.05) is 50.2 Å². The van der Waals surface area contributed by atoms with E-state index < -0.39 is 6.04 Å². The Kier molecular flexibility index (Phi) is 5.92. The van der Waals surface area contributed by atoms with Gasteiger partial charge in [0.2, 0.25) is 5.76 Å². The van der Waals surface area contributed by atoms with Crippen molar-refractivity contribution in [2.75, 3.05) is 13.2 Å². The normalized spacial score (nSPS) is 15.5. The van der Waals surface area contributed by atoms with Gasteiger partial charge in [-0.1, -0.05) is 38.1 Å². The first-order valence-corrected chi connectivity index (χ1v) is 11.0. The highest BCUT2D eigenvalue weighted by atomic mass is 16.5. The molecule has 2 heterocycles. The second-order valence-corrected chi connectivity index (χ2v) is 8.88. The molecule has 3 aromatic rings. The average molecular weight is 432 g/mol. The third-order valence-corrected chi connectivity index (χ3v) is 5.86. The minimum absolute atomic E-state index is 0.118. The molecule has 0 saturated carbocycles. The lowest BCUT2D eigenvalue weighted by molar-refractivity contribution is 0.0748. The molecule has 2 aromatic carbocycles. The van der Waals surface area contributed by atoms with Gasteiger partial charge in [0.1, 0.15) is 11.3 Å². The molecule has 5 heteroatoms. The molecule has 1 aliphatic heterocycles. The highest BCUT2D eigenvalue weighted by Crippen LogP contribution is 2.39. The van der Waals surface area contributed by atoms with E-state index in [1.165, 1.54) is 0 Å². The number of amides is 1. The Hall–Kier alpha value is -3.34. The summed E-state index contributed by atoms with van der Waals surface area (Å²) in [7, 11) is 0. The summed E-state index contributed by atoms with van der Waals surface area (Å²) in [4.78, 5) is 28.6. The van der Waals surface area contributed by atoms with Crippen molar-refractivity contribution in [3.05, 3.63) is 87.3 Å². The summed E-state index contributed by atoms with van der Waals surface area (Å²) in [6.45, 7) is 12.9. The molecule has 0 spiro atoms. The van der Waals surface area contributed by atoms with Crippen LogP contribution in [0.5, 0.6) is 5.75 Å². The third-order valence-electron chi connectivity index (χ3n) is 5.86. The lowest BCUT2D eigenvalue weighted by Gasteiger charge is -2.24. The summed E-state index contributed by atoms with van der Waals surface area (Å²) in [6, 6.07) is 10.9. The van der Waals surface area contributed by atoms with Gasteiger partial charge in [0, 0.05) is 6.54 Å². The number of carbonyl (C=O) groups is 1. The number of carbonyl (C=O) groups excluding carboxylic acids is 1. The molecule has 0 bridgehead atoms. The lowest BCUT2D eigenvalue weighted by Crippen LogP contribution is -2.29. The molecule has 0 fully saturated rings. The molecule has 0 saturated heterocycles. The fraction of sp³-hybridized carbons (Fsp3) is 0.333. The molecule has 1 amide bonds. The Labute approximate surface area is 188 Å². The second-order valence-electron chi connectivity index (χ2n) is 8.88. The summed E-state index contributed by atoms with van der Waals surface area (Å²) >= 11 is 0. The Morgan fingerprint density at radius 1 is 1.19 bits per heavy atom. The maximum absolute atomic E-state index is 13.6. The number of aryl methyl sites for hydroxylation is 2. The maximum atomic E-state index is 13.6. The summed E-state index contributed by atoms with van der Waals surface area (Å²) in [5, 5.41) is 0.504. The minimum Gasteiger partial charge on any atom is -0.494 e. The van der Waals surface area contributed by atoms with Crippen LogP contribution in [0.3, 0.4) is 0 Å². The Morgan fingerprint density at radius 2 is 1.97 bits per heavy atom. The van der Waals surface area contributed by atoms with Gasteiger partial charge < -0.3 is 14.1 Å². The Morgan fingerprint density at radius 3 is 2.69 bits per heavy atom. The van der Waals surface area contributed by atoms with Crippen molar-refractivity contribution in [1.29, 1.82) is 0 Å². The van der Waals surface area contributed by atoms with Crippen molar-refractivity contribution in [3.8, 4) is 5.75 Å². The topological polar surface area (TPSA) is 59.8 Å². The van der Waals surface area contributed by atoms with Gasteiger partial charge in [-0.3, -0.25) is 9.59 Å². The first-order valence-electron chi connectivity index (χ1n) is 11.0. The Balaban J connectivity index is 1.86. The van der Waals surface area contributed by atoms with Crippen molar-refractivity contribution in [2.24, 2.45) is 5.92 Å². The SMILES string of the molecule is C=CCN1C(=O)c2oc3c(C)cc(C)cc3c(=O)c2C1c1cccc(OCCC(C)C)c1. The molecule has 1 atom stereocenters. The largest absolute Gasteiger partial charge is 0.494 e. The van der Waals surface area contributed by atoms with Crippen LogP contribution in [0.15, 0.2) is 58.3 Å². The van der Waals surface area contributed by atoms with Gasteiger partial charge in [-0.2, -0.15) is 0 Å². The van der Waals surface area contributed by atoms with Crippen molar-refractivity contribution in [2.45, 2.75) is 40.2 Å². The zero-order chi connectivity index (χ0) is 23.0. The van der Waals surface area contributed by atoms with Crippen LogP contribution in [-0.4, -0.2) is 24.0 Å². The summed E-state index contributed by atoms with van der Waals surface area (Å²) in [5.74, 6) is 1.09. The van der Waals surface area contributed by atoms with E-state index >= 15 is 0 Å². The fourth-order valence-electron chi connectivity index (χ4n) is 4.34. The summed E-state index contributed by atoms with van der Waals surface area (Å²) < 4.78 is 12.0. The molecule has 1 unspecified atom stereocenters. The molecular weight excluding hydrogens is 402 g/mol. The van der Waals surface area contributed by atoms with Crippen LogP contribution in [-0.2, 0) is 0 Å². The molecule has 1 aliphatic rings. The number of benzene rings is 2. The van der Waals surface area contributed by atoms with E-state index in [0.29, 0.717) is 35.6 Å². The van der Waals surface area contributed by atoms with Gasteiger partial charge in [-0.25, -0.2) is 0 Å².